The molecule has 0 aliphatic rings. The van der Waals surface area contributed by atoms with Crippen molar-refractivity contribution in [2.75, 3.05) is 6.61 Å². The predicted molar refractivity (Wildman–Crippen MR) is 60.4 cm³/mol. The molecule has 18 heavy (non-hydrogen) atoms. The Morgan fingerprint density at radius 1 is 1.50 bits per heavy atom. The van der Waals surface area contributed by atoms with Gasteiger partial charge in [0.1, 0.15) is 11.8 Å². The first kappa shape index (κ1) is 11.8. The van der Waals surface area contributed by atoms with Crippen LogP contribution in [0, 0.1) is 11.3 Å². The zero-order valence-corrected chi connectivity index (χ0v) is 9.58. The molecule has 0 bridgehead atoms. The third-order valence-electron chi connectivity index (χ3n) is 2.16. The summed E-state index contributed by atoms with van der Waals surface area (Å²) in [6, 6.07) is 5.13. The molecule has 2 rings (SSSR count). The molecule has 0 fully saturated rings. The maximum Gasteiger partial charge on any atom is 0.361 e. The Morgan fingerprint density at radius 3 is 2.94 bits per heavy atom. The molecule has 0 N–H and O–H groups in total. The van der Waals surface area contributed by atoms with Gasteiger partial charge in [0.15, 0.2) is 17.8 Å². The molecule has 0 aliphatic carbocycles. The van der Waals surface area contributed by atoms with Crippen molar-refractivity contribution in [2.45, 2.75) is 6.92 Å². The van der Waals surface area contributed by atoms with E-state index in [9.17, 15) is 4.79 Å². The topological polar surface area (TPSA) is 89.0 Å². The van der Waals surface area contributed by atoms with E-state index >= 15 is 0 Å². The third kappa shape index (κ3) is 2.20. The number of aromatic nitrogens is 2. The van der Waals surface area contributed by atoms with E-state index < -0.39 is 5.97 Å². The van der Waals surface area contributed by atoms with E-state index in [0.29, 0.717) is 11.3 Å². The van der Waals surface area contributed by atoms with Crippen LogP contribution in [0.25, 0.3) is 11.5 Å². The minimum atomic E-state index is -0.563. The number of esters is 1. The van der Waals surface area contributed by atoms with Crippen LogP contribution in [0.4, 0.5) is 0 Å². The van der Waals surface area contributed by atoms with Gasteiger partial charge in [-0.2, -0.15) is 5.26 Å². The van der Waals surface area contributed by atoms with Crippen molar-refractivity contribution in [3.8, 4) is 17.5 Å². The maximum absolute atomic E-state index is 11.6. The van der Waals surface area contributed by atoms with Crippen LogP contribution >= 0.6 is 0 Å². The standard InChI is InChI=1S/C12H9N3O3/c1-2-17-12(16)10-11(18-7-15-10)9-4-3-8(5-13)6-14-9/h3-4,6-7H,2H2,1H3. The average Bonchev–Trinajstić information content (AvgIpc) is 2.88. The van der Waals surface area contributed by atoms with Crippen molar-refractivity contribution >= 4 is 5.97 Å². The fraction of sp³-hybridized carbons (Fsp3) is 0.167. The van der Waals surface area contributed by atoms with Crippen LogP contribution in [0.15, 0.2) is 29.1 Å². The summed E-state index contributed by atoms with van der Waals surface area (Å²) in [4.78, 5) is 19.4. The quantitative estimate of drug-likeness (QED) is 0.763. The Hall–Kier alpha value is -2.68. The molecule has 0 radical (unpaired) electrons. The molecule has 0 aromatic carbocycles. The van der Waals surface area contributed by atoms with Gasteiger partial charge >= 0.3 is 5.97 Å². The smallest absolute Gasteiger partial charge is 0.361 e. The molecule has 90 valence electrons. The number of ether oxygens (including phenoxy) is 1. The van der Waals surface area contributed by atoms with Crippen LogP contribution in [0.2, 0.25) is 0 Å². The number of carbonyl (C=O) groups is 1. The molecule has 6 nitrogen and oxygen atoms in total. The van der Waals surface area contributed by atoms with Gasteiger partial charge in [-0.05, 0) is 19.1 Å². The third-order valence-corrected chi connectivity index (χ3v) is 2.16. The van der Waals surface area contributed by atoms with Crippen molar-refractivity contribution in [2.24, 2.45) is 0 Å². The van der Waals surface area contributed by atoms with Crippen LogP contribution in [0.5, 0.6) is 0 Å². The van der Waals surface area contributed by atoms with Gasteiger partial charge < -0.3 is 9.15 Å². The molecule has 0 saturated carbocycles. The first-order chi connectivity index (χ1) is 8.76. The van der Waals surface area contributed by atoms with Crippen molar-refractivity contribution in [1.82, 2.24) is 9.97 Å². The second kappa shape index (κ2) is 5.10. The largest absolute Gasteiger partial charge is 0.461 e. The first-order valence-electron chi connectivity index (χ1n) is 5.23. The van der Waals surface area contributed by atoms with Crippen LogP contribution < -0.4 is 0 Å². The van der Waals surface area contributed by atoms with Gasteiger partial charge in [0.25, 0.3) is 0 Å². The molecule has 0 spiro atoms. The fourth-order valence-corrected chi connectivity index (χ4v) is 1.37. The lowest BCUT2D eigenvalue weighted by Gasteiger charge is -2.00. The van der Waals surface area contributed by atoms with Gasteiger partial charge in [-0.25, -0.2) is 9.78 Å². The first-order valence-corrected chi connectivity index (χ1v) is 5.23. The van der Waals surface area contributed by atoms with Crippen LogP contribution in [-0.4, -0.2) is 22.5 Å². The molecule has 0 unspecified atom stereocenters. The highest BCUT2D eigenvalue weighted by Crippen LogP contribution is 2.21. The summed E-state index contributed by atoms with van der Waals surface area (Å²) in [5, 5.41) is 8.67. The number of carbonyl (C=O) groups excluding carboxylic acids is 1. The number of rotatable bonds is 3. The molecule has 0 aliphatic heterocycles. The second-order valence-corrected chi connectivity index (χ2v) is 3.29. The van der Waals surface area contributed by atoms with Crippen molar-refractivity contribution in [3.05, 3.63) is 36.0 Å². The Balaban J connectivity index is 2.36. The fourth-order valence-electron chi connectivity index (χ4n) is 1.37. The SMILES string of the molecule is CCOC(=O)c1ncoc1-c1ccc(C#N)cn1. The van der Waals surface area contributed by atoms with Crippen LogP contribution in [0.3, 0.4) is 0 Å². The van der Waals surface area contributed by atoms with Gasteiger partial charge in [-0.1, -0.05) is 0 Å². The van der Waals surface area contributed by atoms with E-state index in [1.807, 2.05) is 6.07 Å². The van der Waals surface area contributed by atoms with Crippen LogP contribution in [0.1, 0.15) is 23.0 Å². The van der Waals surface area contributed by atoms with Crippen molar-refractivity contribution in [1.29, 1.82) is 5.26 Å². The predicted octanol–water partition coefficient (Wildman–Crippen LogP) is 1.78. The minimum Gasteiger partial charge on any atom is -0.461 e. The Labute approximate surface area is 103 Å². The number of hydrogen-bond donors (Lipinski definition) is 0. The van der Waals surface area contributed by atoms with Crippen molar-refractivity contribution < 1.29 is 13.9 Å². The summed E-state index contributed by atoms with van der Waals surface area (Å²) in [6.45, 7) is 1.96. The average molecular weight is 243 g/mol. The molecule has 2 aromatic rings. The molecule has 0 amide bonds. The highest BCUT2D eigenvalue weighted by atomic mass is 16.5. The molecule has 0 saturated heterocycles. The second-order valence-electron chi connectivity index (χ2n) is 3.29. The van der Waals surface area contributed by atoms with Gasteiger partial charge in [-0.15, -0.1) is 0 Å². The highest BCUT2D eigenvalue weighted by Gasteiger charge is 2.20. The Kier molecular flexibility index (Phi) is 3.34. The number of pyridine rings is 1. The summed E-state index contributed by atoms with van der Waals surface area (Å²) in [5.41, 5.74) is 0.930. The lowest BCUT2D eigenvalue weighted by molar-refractivity contribution is 0.0520. The van der Waals surface area contributed by atoms with E-state index in [1.54, 1.807) is 19.1 Å². The van der Waals surface area contributed by atoms with Gasteiger partial charge in [0.2, 0.25) is 0 Å². The summed E-state index contributed by atoms with van der Waals surface area (Å²) < 4.78 is 9.99. The zero-order chi connectivity index (χ0) is 13.0. The Morgan fingerprint density at radius 2 is 2.33 bits per heavy atom. The molecule has 6 heteroatoms. The highest BCUT2D eigenvalue weighted by molar-refractivity contribution is 5.93. The van der Waals surface area contributed by atoms with Crippen molar-refractivity contribution in [3.63, 3.8) is 0 Å². The molecule has 2 aromatic heterocycles. The van der Waals surface area contributed by atoms with E-state index in [1.165, 1.54) is 6.20 Å². The number of hydrogen-bond acceptors (Lipinski definition) is 6. The summed E-state index contributed by atoms with van der Waals surface area (Å²) in [6.07, 6.45) is 2.55. The lowest BCUT2D eigenvalue weighted by atomic mass is 10.2. The van der Waals surface area contributed by atoms with E-state index in [4.69, 9.17) is 14.4 Å². The van der Waals surface area contributed by atoms with E-state index in [2.05, 4.69) is 9.97 Å². The molecular formula is C12H9N3O3. The summed E-state index contributed by atoms with van der Waals surface area (Å²) in [5.74, 6) is -0.328. The summed E-state index contributed by atoms with van der Waals surface area (Å²) >= 11 is 0. The molecule has 2 heterocycles. The Bertz CT molecular complexity index is 596. The minimum absolute atomic E-state index is 0.0778. The van der Waals surface area contributed by atoms with E-state index in [0.717, 1.165) is 6.39 Å². The van der Waals surface area contributed by atoms with E-state index in [-0.39, 0.29) is 18.1 Å². The number of oxazole rings is 1. The molecular weight excluding hydrogens is 234 g/mol. The number of nitrogens with zero attached hydrogens (tertiary/aromatic N) is 3. The monoisotopic (exact) mass is 243 g/mol. The van der Waals surface area contributed by atoms with Gasteiger partial charge in [-0.3, -0.25) is 4.98 Å². The van der Waals surface area contributed by atoms with Gasteiger partial charge in [0.05, 0.1) is 12.2 Å². The summed E-state index contributed by atoms with van der Waals surface area (Å²) in [7, 11) is 0. The zero-order valence-electron chi connectivity index (χ0n) is 9.58. The lowest BCUT2D eigenvalue weighted by Crippen LogP contribution is -2.06. The number of nitriles is 1. The van der Waals surface area contributed by atoms with Crippen LogP contribution in [-0.2, 0) is 4.74 Å². The normalized spacial score (nSPS) is 9.78. The molecule has 0 atom stereocenters. The van der Waals surface area contributed by atoms with Gasteiger partial charge in [0, 0.05) is 6.20 Å². The maximum atomic E-state index is 11.6.